The number of hydrogen-bond acceptors (Lipinski definition) is 5. The van der Waals surface area contributed by atoms with E-state index >= 15 is 0 Å². The number of thioether (sulfide) groups is 1. The molecule has 0 spiro atoms. The van der Waals surface area contributed by atoms with Gasteiger partial charge in [-0.25, -0.2) is 12.7 Å². The third-order valence-electron chi connectivity index (χ3n) is 2.15. The molecule has 2 rings (SSSR count). The second-order valence-corrected chi connectivity index (χ2v) is 6.13. The fourth-order valence-electron chi connectivity index (χ4n) is 1.41. The largest absolute Gasteiger partial charge is 0.302 e. The lowest BCUT2D eigenvalue weighted by molar-refractivity contribution is -0.123. The Morgan fingerprint density at radius 1 is 1.31 bits per heavy atom. The molecule has 0 bridgehead atoms. The summed E-state index contributed by atoms with van der Waals surface area (Å²) in [6, 6.07) is 7.80. The van der Waals surface area contributed by atoms with Crippen molar-refractivity contribution in [2.75, 3.05) is 5.75 Å². The van der Waals surface area contributed by atoms with E-state index in [1.54, 1.807) is 18.2 Å². The molecular formula is C9H10N2O3S2. The van der Waals surface area contributed by atoms with E-state index in [1.807, 2.05) is 0 Å². The minimum absolute atomic E-state index is 0.0845. The fraction of sp³-hybridized carbons (Fsp3) is 0.222. The van der Waals surface area contributed by atoms with Crippen LogP contribution in [0.5, 0.6) is 0 Å². The van der Waals surface area contributed by atoms with Gasteiger partial charge in [0, 0.05) is 0 Å². The SMILES string of the molecule is NC1SCC(=O)N1S(=O)(=O)c1ccccc1. The maximum Gasteiger partial charge on any atom is 0.268 e. The second kappa shape index (κ2) is 4.08. The van der Waals surface area contributed by atoms with E-state index in [9.17, 15) is 13.2 Å². The molecule has 86 valence electrons. The first-order valence-corrected chi connectivity index (χ1v) is 7.02. The summed E-state index contributed by atoms with van der Waals surface area (Å²) in [5, 5.41) is 0. The number of nitrogens with zero attached hydrogens (tertiary/aromatic N) is 1. The number of amides is 1. The number of rotatable bonds is 2. The lowest BCUT2D eigenvalue weighted by Crippen LogP contribution is -2.42. The summed E-state index contributed by atoms with van der Waals surface area (Å²) in [6.07, 6.45) is 0. The topological polar surface area (TPSA) is 80.5 Å². The summed E-state index contributed by atoms with van der Waals surface area (Å²) in [5.41, 5.74) is 4.76. The Bertz CT molecular complexity index is 501. The molecule has 0 saturated carbocycles. The molecule has 1 aliphatic rings. The minimum atomic E-state index is -3.80. The highest BCUT2D eigenvalue weighted by Crippen LogP contribution is 2.27. The van der Waals surface area contributed by atoms with Crippen molar-refractivity contribution in [3.63, 3.8) is 0 Å². The van der Waals surface area contributed by atoms with Crippen LogP contribution in [0.3, 0.4) is 0 Å². The van der Waals surface area contributed by atoms with Gasteiger partial charge in [-0.05, 0) is 12.1 Å². The lowest BCUT2D eigenvalue weighted by atomic mass is 10.4. The van der Waals surface area contributed by atoms with E-state index < -0.39 is 21.4 Å². The maximum atomic E-state index is 12.1. The molecule has 1 saturated heterocycles. The molecule has 1 fully saturated rings. The normalized spacial score (nSPS) is 21.4. The van der Waals surface area contributed by atoms with Crippen molar-refractivity contribution >= 4 is 27.7 Å². The molecule has 1 aliphatic heterocycles. The van der Waals surface area contributed by atoms with Crippen molar-refractivity contribution < 1.29 is 13.2 Å². The molecule has 5 nitrogen and oxygen atoms in total. The first-order chi connectivity index (χ1) is 7.53. The van der Waals surface area contributed by atoms with E-state index in [2.05, 4.69) is 0 Å². The first kappa shape index (κ1) is 11.4. The van der Waals surface area contributed by atoms with Crippen LogP contribution in [-0.2, 0) is 14.8 Å². The molecule has 1 unspecified atom stereocenters. The molecule has 1 aromatic carbocycles. The lowest BCUT2D eigenvalue weighted by Gasteiger charge is -2.19. The van der Waals surface area contributed by atoms with Crippen LogP contribution in [0.2, 0.25) is 0 Å². The zero-order chi connectivity index (χ0) is 11.8. The molecule has 2 N–H and O–H groups in total. The molecular weight excluding hydrogens is 248 g/mol. The zero-order valence-corrected chi connectivity index (χ0v) is 9.87. The molecule has 1 amide bonds. The molecule has 16 heavy (non-hydrogen) atoms. The van der Waals surface area contributed by atoms with Gasteiger partial charge >= 0.3 is 0 Å². The molecule has 0 aromatic heterocycles. The van der Waals surface area contributed by atoms with Crippen molar-refractivity contribution in [1.29, 1.82) is 0 Å². The second-order valence-electron chi connectivity index (χ2n) is 3.21. The Kier molecular flexibility index (Phi) is 2.92. The average molecular weight is 258 g/mol. The molecule has 1 heterocycles. The third kappa shape index (κ3) is 1.81. The summed E-state index contributed by atoms with van der Waals surface area (Å²) in [4.78, 5) is 11.5. The highest BCUT2D eigenvalue weighted by atomic mass is 32.2. The van der Waals surface area contributed by atoms with E-state index in [0.29, 0.717) is 0 Å². The van der Waals surface area contributed by atoms with Gasteiger partial charge in [-0.15, -0.1) is 11.8 Å². The zero-order valence-electron chi connectivity index (χ0n) is 8.24. The van der Waals surface area contributed by atoms with Gasteiger partial charge in [-0.2, -0.15) is 0 Å². The van der Waals surface area contributed by atoms with Crippen LogP contribution in [0.4, 0.5) is 0 Å². The maximum absolute atomic E-state index is 12.1. The van der Waals surface area contributed by atoms with Gasteiger partial charge in [0.1, 0.15) is 5.50 Å². The summed E-state index contributed by atoms with van der Waals surface area (Å²) in [5.74, 6) is -0.367. The van der Waals surface area contributed by atoms with Gasteiger partial charge in [0.15, 0.2) is 0 Å². The van der Waals surface area contributed by atoms with E-state index in [-0.39, 0.29) is 10.6 Å². The standard InChI is InChI=1S/C9H10N2O3S2/c10-9-11(8(12)6-15-9)16(13,14)7-4-2-1-3-5-7/h1-5,9H,6,10H2. The highest BCUT2D eigenvalue weighted by Gasteiger charge is 2.39. The van der Waals surface area contributed by atoms with Crippen LogP contribution in [0.15, 0.2) is 35.2 Å². The Labute approximate surface area is 97.7 Å². The third-order valence-corrected chi connectivity index (χ3v) is 5.07. The number of carbonyl (C=O) groups is 1. The van der Waals surface area contributed by atoms with Gasteiger partial charge in [-0.1, -0.05) is 18.2 Å². The van der Waals surface area contributed by atoms with E-state index in [4.69, 9.17) is 5.73 Å². The van der Waals surface area contributed by atoms with Crippen LogP contribution in [0.1, 0.15) is 0 Å². The summed E-state index contributed by atoms with van der Waals surface area (Å²) >= 11 is 1.11. The first-order valence-electron chi connectivity index (χ1n) is 4.53. The van der Waals surface area contributed by atoms with Crippen molar-refractivity contribution in [1.82, 2.24) is 4.31 Å². The minimum Gasteiger partial charge on any atom is -0.302 e. The fourth-order valence-corrected chi connectivity index (χ4v) is 4.05. The van der Waals surface area contributed by atoms with Crippen molar-refractivity contribution in [3.05, 3.63) is 30.3 Å². The summed E-state index contributed by atoms with van der Waals surface area (Å²) < 4.78 is 24.9. The van der Waals surface area contributed by atoms with Crippen molar-refractivity contribution in [2.45, 2.75) is 10.4 Å². The van der Waals surface area contributed by atoms with Gasteiger partial charge in [0.05, 0.1) is 10.6 Å². The van der Waals surface area contributed by atoms with Crippen LogP contribution in [0, 0.1) is 0 Å². The number of sulfonamides is 1. The molecule has 0 aliphatic carbocycles. The highest BCUT2D eigenvalue weighted by molar-refractivity contribution is 8.02. The summed E-state index contributed by atoms with van der Waals surface area (Å²) in [7, 11) is -3.80. The molecule has 1 aromatic rings. The summed E-state index contributed by atoms with van der Waals surface area (Å²) in [6.45, 7) is 0. The molecule has 0 radical (unpaired) electrons. The van der Waals surface area contributed by atoms with Gasteiger partial charge in [0.25, 0.3) is 10.0 Å². The Balaban J connectivity index is 2.44. The quantitative estimate of drug-likeness (QED) is 0.819. The molecule has 1 atom stereocenters. The predicted molar refractivity (Wildman–Crippen MR) is 60.9 cm³/mol. The number of nitrogens with two attached hydrogens (primary N) is 1. The predicted octanol–water partition coefficient (Wildman–Crippen LogP) is 0.193. The van der Waals surface area contributed by atoms with Crippen LogP contribution in [0.25, 0.3) is 0 Å². The van der Waals surface area contributed by atoms with Crippen molar-refractivity contribution in [2.24, 2.45) is 5.73 Å². The van der Waals surface area contributed by atoms with Crippen LogP contribution < -0.4 is 5.73 Å². The van der Waals surface area contributed by atoms with Crippen LogP contribution in [-0.4, -0.2) is 29.9 Å². The number of benzene rings is 1. The van der Waals surface area contributed by atoms with Gasteiger partial charge in [0.2, 0.25) is 5.91 Å². The monoisotopic (exact) mass is 258 g/mol. The van der Waals surface area contributed by atoms with E-state index in [0.717, 1.165) is 16.1 Å². The smallest absolute Gasteiger partial charge is 0.268 e. The molecule has 7 heteroatoms. The Hall–Kier alpha value is -1.05. The van der Waals surface area contributed by atoms with Gasteiger partial charge in [-0.3, -0.25) is 4.79 Å². The van der Waals surface area contributed by atoms with E-state index in [1.165, 1.54) is 12.1 Å². The van der Waals surface area contributed by atoms with Gasteiger partial charge < -0.3 is 5.73 Å². The average Bonchev–Trinajstić information content (AvgIpc) is 2.60. The van der Waals surface area contributed by atoms with Crippen molar-refractivity contribution in [3.8, 4) is 0 Å². The number of carbonyl (C=O) groups excluding carboxylic acids is 1. The Morgan fingerprint density at radius 2 is 1.94 bits per heavy atom. The van der Waals surface area contributed by atoms with Crippen LogP contribution >= 0.6 is 11.8 Å². The Morgan fingerprint density at radius 3 is 2.44 bits per heavy atom. The number of hydrogen-bond donors (Lipinski definition) is 1.